The van der Waals surface area contributed by atoms with Crippen molar-refractivity contribution in [3.63, 3.8) is 0 Å². The lowest BCUT2D eigenvalue weighted by Crippen LogP contribution is -2.53. The molecule has 0 aromatic rings. The molecule has 0 radical (unpaired) electrons. The van der Waals surface area contributed by atoms with Crippen molar-refractivity contribution in [1.82, 2.24) is 0 Å². The summed E-state index contributed by atoms with van der Waals surface area (Å²) in [6, 6.07) is 0.121. The van der Waals surface area contributed by atoms with E-state index in [1.54, 1.807) is 0 Å². The van der Waals surface area contributed by atoms with Crippen LogP contribution in [0.15, 0.2) is 5.18 Å². The number of rotatable bonds is 1. The standard InChI is InChI=1S/C12H21NO/c1-7-5-4-6-8(2)11-10(7)9(3)12(11)13-14/h7-12H,4-6H2,1-3H3. The summed E-state index contributed by atoms with van der Waals surface area (Å²) in [5.74, 6) is 3.42. The zero-order valence-corrected chi connectivity index (χ0v) is 9.44. The number of nitroso groups, excluding NO2 is 1. The number of hydrogen-bond acceptors (Lipinski definition) is 2. The molecule has 14 heavy (non-hydrogen) atoms. The van der Waals surface area contributed by atoms with Gasteiger partial charge in [0, 0.05) is 0 Å². The van der Waals surface area contributed by atoms with E-state index in [1.807, 2.05) is 0 Å². The average Bonchev–Trinajstić information content (AvgIpc) is 2.25. The molecule has 2 aliphatic rings. The van der Waals surface area contributed by atoms with Gasteiger partial charge >= 0.3 is 0 Å². The van der Waals surface area contributed by atoms with E-state index in [-0.39, 0.29) is 6.04 Å². The summed E-state index contributed by atoms with van der Waals surface area (Å²) in [5, 5.41) is 3.34. The van der Waals surface area contributed by atoms with Gasteiger partial charge in [-0.1, -0.05) is 45.2 Å². The molecule has 80 valence electrons. The highest BCUT2D eigenvalue weighted by Gasteiger charge is 2.53. The first-order valence-corrected chi connectivity index (χ1v) is 5.99. The molecular weight excluding hydrogens is 174 g/mol. The Morgan fingerprint density at radius 2 is 1.57 bits per heavy atom. The first-order valence-electron chi connectivity index (χ1n) is 5.99. The van der Waals surface area contributed by atoms with Gasteiger partial charge in [0.05, 0.1) is 6.04 Å². The molecule has 2 fully saturated rings. The molecule has 2 nitrogen and oxygen atoms in total. The summed E-state index contributed by atoms with van der Waals surface area (Å²) in [6.45, 7) is 6.87. The van der Waals surface area contributed by atoms with Gasteiger partial charge in [-0.05, 0) is 29.6 Å². The Bertz CT molecular complexity index is 228. The zero-order valence-electron chi connectivity index (χ0n) is 9.44. The van der Waals surface area contributed by atoms with Crippen LogP contribution in [0.3, 0.4) is 0 Å². The maximum atomic E-state index is 10.8. The van der Waals surface area contributed by atoms with E-state index in [9.17, 15) is 4.91 Å². The maximum absolute atomic E-state index is 10.8. The molecule has 2 saturated carbocycles. The van der Waals surface area contributed by atoms with Crippen molar-refractivity contribution in [3.05, 3.63) is 4.91 Å². The lowest BCUT2D eigenvalue weighted by atomic mass is 9.54. The van der Waals surface area contributed by atoms with Gasteiger partial charge in [0.2, 0.25) is 0 Å². The molecule has 0 heterocycles. The van der Waals surface area contributed by atoms with Crippen LogP contribution < -0.4 is 0 Å². The highest BCUT2D eigenvalue weighted by Crippen LogP contribution is 2.54. The fraction of sp³-hybridized carbons (Fsp3) is 1.00. The minimum atomic E-state index is 0.121. The Morgan fingerprint density at radius 1 is 1.00 bits per heavy atom. The van der Waals surface area contributed by atoms with Gasteiger partial charge in [-0.3, -0.25) is 0 Å². The molecule has 2 rings (SSSR count). The van der Waals surface area contributed by atoms with Gasteiger partial charge in [0.25, 0.3) is 0 Å². The van der Waals surface area contributed by atoms with E-state index in [1.165, 1.54) is 19.3 Å². The lowest BCUT2D eigenvalue weighted by molar-refractivity contribution is -0.0169. The van der Waals surface area contributed by atoms with Gasteiger partial charge in [-0.15, -0.1) is 0 Å². The smallest absolute Gasteiger partial charge is 0.0981 e. The van der Waals surface area contributed by atoms with Crippen LogP contribution in [0.25, 0.3) is 0 Å². The Labute approximate surface area is 86.4 Å². The second-order valence-corrected chi connectivity index (χ2v) is 5.50. The molecule has 6 atom stereocenters. The minimum absolute atomic E-state index is 0.121. The van der Waals surface area contributed by atoms with Crippen LogP contribution in [0.5, 0.6) is 0 Å². The fourth-order valence-corrected chi connectivity index (χ4v) is 3.94. The Balaban J connectivity index is 2.17. The van der Waals surface area contributed by atoms with Crippen LogP contribution in [-0.2, 0) is 0 Å². The summed E-state index contributed by atoms with van der Waals surface area (Å²) in [4.78, 5) is 10.8. The number of nitrogens with zero attached hydrogens (tertiary/aromatic N) is 1. The third-order valence-electron chi connectivity index (χ3n) is 4.74. The van der Waals surface area contributed by atoms with E-state index in [4.69, 9.17) is 0 Å². The number of hydrogen-bond donors (Lipinski definition) is 0. The first-order chi connectivity index (χ1) is 6.66. The molecule has 0 spiro atoms. The molecule has 0 aromatic carbocycles. The van der Waals surface area contributed by atoms with Crippen LogP contribution in [-0.4, -0.2) is 6.04 Å². The second kappa shape index (κ2) is 3.63. The van der Waals surface area contributed by atoms with Gasteiger partial charge in [0.15, 0.2) is 0 Å². The summed E-state index contributed by atoms with van der Waals surface area (Å²) in [5.41, 5.74) is 0. The van der Waals surface area contributed by atoms with Crippen LogP contribution in [0.2, 0.25) is 0 Å². The Kier molecular flexibility index (Phi) is 2.63. The average molecular weight is 195 g/mol. The molecule has 0 bridgehead atoms. The second-order valence-electron chi connectivity index (χ2n) is 5.50. The van der Waals surface area contributed by atoms with Gasteiger partial charge in [-0.2, -0.15) is 4.91 Å². The van der Waals surface area contributed by atoms with E-state index >= 15 is 0 Å². The molecule has 2 heteroatoms. The highest BCUT2D eigenvalue weighted by atomic mass is 16.3. The molecule has 0 aliphatic heterocycles. The monoisotopic (exact) mass is 195 g/mol. The van der Waals surface area contributed by atoms with Crippen LogP contribution >= 0.6 is 0 Å². The Morgan fingerprint density at radius 3 is 2.14 bits per heavy atom. The van der Waals surface area contributed by atoms with E-state index < -0.39 is 0 Å². The zero-order chi connectivity index (χ0) is 10.3. The van der Waals surface area contributed by atoms with Crippen LogP contribution in [0.4, 0.5) is 0 Å². The molecule has 2 aliphatic carbocycles. The summed E-state index contributed by atoms with van der Waals surface area (Å²) in [7, 11) is 0. The molecule has 6 unspecified atom stereocenters. The SMILES string of the molecule is CC1CCCC(C)C2C(N=O)C(C)C12. The maximum Gasteiger partial charge on any atom is 0.0981 e. The summed E-state index contributed by atoms with van der Waals surface area (Å²) < 4.78 is 0. The van der Waals surface area contributed by atoms with Crippen molar-refractivity contribution in [2.75, 3.05) is 0 Å². The quantitative estimate of drug-likeness (QED) is 0.589. The molecule has 0 aromatic heterocycles. The van der Waals surface area contributed by atoms with Gasteiger partial charge < -0.3 is 0 Å². The van der Waals surface area contributed by atoms with Crippen molar-refractivity contribution in [2.45, 2.75) is 46.1 Å². The van der Waals surface area contributed by atoms with Crippen LogP contribution in [0.1, 0.15) is 40.0 Å². The number of fused-ring (bicyclic) bond motifs is 1. The Hall–Kier alpha value is -0.400. The highest BCUT2D eigenvalue weighted by molar-refractivity contribution is 5.04. The van der Waals surface area contributed by atoms with E-state index in [0.717, 1.165) is 11.8 Å². The lowest BCUT2D eigenvalue weighted by Gasteiger charge is -2.51. The fourth-order valence-electron chi connectivity index (χ4n) is 3.94. The van der Waals surface area contributed by atoms with Crippen molar-refractivity contribution in [2.24, 2.45) is 34.8 Å². The third kappa shape index (κ3) is 1.31. The predicted octanol–water partition coefficient (Wildman–Crippen LogP) is 3.46. The molecule has 0 amide bonds. The first kappa shape index (κ1) is 10.1. The van der Waals surface area contributed by atoms with Crippen molar-refractivity contribution in [1.29, 1.82) is 0 Å². The van der Waals surface area contributed by atoms with E-state index in [0.29, 0.717) is 17.8 Å². The van der Waals surface area contributed by atoms with Gasteiger partial charge in [-0.25, -0.2) is 0 Å². The largest absolute Gasteiger partial charge is 0.150 e. The van der Waals surface area contributed by atoms with Gasteiger partial charge in [0.1, 0.15) is 0 Å². The minimum Gasteiger partial charge on any atom is -0.150 e. The van der Waals surface area contributed by atoms with Crippen molar-refractivity contribution in [3.8, 4) is 0 Å². The van der Waals surface area contributed by atoms with Crippen molar-refractivity contribution < 1.29 is 0 Å². The topological polar surface area (TPSA) is 29.4 Å². The normalized spacial score (nSPS) is 52.8. The van der Waals surface area contributed by atoms with Crippen molar-refractivity contribution >= 4 is 0 Å². The molecular formula is C12H21NO. The third-order valence-corrected chi connectivity index (χ3v) is 4.74. The predicted molar refractivity (Wildman–Crippen MR) is 57.9 cm³/mol. The molecule has 0 saturated heterocycles. The summed E-state index contributed by atoms with van der Waals surface area (Å²) >= 11 is 0. The van der Waals surface area contributed by atoms with Crippen LogP contribution in [0, 0.1) is 34.5 Å². The molecule has 0 N–H and O–H groups in total. The van der Waals surface area contributed by atoms with E-state index in [2.05, 4.69) is 25.9 Å². The summed E-state index contributed by atoms with van der Waals surface area (Å²) in [6.07, 6.45) is 3.99.